The molecule has 0 spiro atoms. The highest BCUT2D eigenvalue weighted by Crippen LogP contribution is 1.88. The lowest BCUT2D eigenvalue weighted by Crippen LogP contribution is -2.01. The maximum atomic E-state index is 5.21. The van der Waals surface area contributed by atoms with Crippen molar-refractivity contribution in [1.82, 2.24) is 5.48 Å². The Morgan fingerprint density at radius 2 is 2.17 bits per heavy atom. The van der Waals surface area contributed by atoms with Crippen LogP contribution in [0.2, 0.25) is 0 Å². The number of hydrogen-bond donors (Lipinski definition) is 2. The van der Waals surface area contributed by atoms with Gasteiger partial charge in [-0.05, 0) is 25.1 Å². The van der Waals surface area contributed by atoms with E-state index in [0.29, 0.717) is 0 Å². The van der Waals surface area contributed by atoms with E-state index in [4.69, 9.17) is 5.73 Å². The van der Waals surface area contributed by atoms with E-state index in [9.17, 15) is 0 Å². The predicted molar refractivity (Wildman–Crippen MR) is 51.1 cm³/mol. The molecule has 1 heterocycles. The average Bonchev–Trinajstić information content (AvgIpc) is 2.18. The SMILES string of the molecule is C1=CNOC=C1.CCCCCN. The van der Waals surface area contributed by atoms with Crippen LogP contribution in [0.15, 0.2) is 24.6 Å². The van der Waals surface area contributed by atoms with E-state index in [2.05, 4.69) is 17.2 Å². The fraction of sp³-hybridized carbons (Fsp3) is 0.556. The Morgan fingerprint density at radius 3 is 2.33 bits per heavy atom. The van der Waals surface area contributed by atoms with Crippen LogP contribution in [0, 0.1) is 0 Å². The van der Waals surface area contributed by atoms with Gasteiger partial charge in [0.25, 0.3) is 0 Å². The van der Waals surface area contributed by atoms with Crippen LogP contribution in [0.4, 0.5) is 0 Å². The fourth-order valence-corrected chi connectivity index (χ4v) is 0.652. The minimum absolute atomic E-state index is 0.855. The Labute approximate surface area is 74.2 Å². The molecule has 3 N–H and O–H groups in total. The molecule has 0 unspecified atom stereocenters. The van der Waals surface area contributed by atoms with Gasteiger partial charge in [-0.15, -0.1) is 0 Å². The molecule has 1 rings (SSSR count). The van der Waals surface area contributed by atoms with Crippen LogP contribution in [0.25, 0.3) is 0 Å². The van der Waals surface area contributed by atoms with E-state index >= 15 is 0 Å². The second kappa shape index (κ2) is 10.0. The molecule has 0 aromatic rings. The molecule has 0 bridgehead atoms. The Hall–Kier alpha value is -0.960. The van der Waals surface area contributed by atoms with Crippen LogP contribution in [0.5, 0.6) is 0 Å². The van der Waals surface area contributed by atoms with Crippen LogP contribution >= 0.6 is 0 Å². The second-order valence-electron chi connectivity index (χ2n) is 2.42. The third-order valence-electron chi connectivity index (χ3n) is 1.30. The van der Waals surface area contributed by atoms with Crippen molar-refractivity contribution >= 4 is 0 Å². The zero-order valence-electron chi connectivity index (χ0n) is 7.62. The molecule has 0 radical (unpaired) electrons. The fourth-order valence-electron chi connectivity index (χ4n) is 0.652. The topological polar surface area (TPSA) is 47.3 Å². The highest BCUT2D eigenvalue weighted by molar-refractivity contribution is 5.00. The first kappa shape index (κ1) is 11.0. The number of rotatable bonds is 3. The van der Waals surface area contributed by atoms with Gasteiger partial charge in [0, 0.05) is 6.20 Å². The summed E-state index contributed by atoms with van der Waals surface area (Å²) >= 11 is 0. The molecule has 0 aromatic heterocycles. The molecular weight excluding hydrogens is 152 g/mol. The largest absolute Gasteiger partial charge is 0.391 e. The number of hydroxylamine groups is 1. The lowest BCUT2D eigenvalue weighted by atomic mass is 10.3. The van der Waals surface area contributed by atoms with E-state index in [-0.39, 0.29) is 0 Å². The Balaban J connectivity index is 0.000000202. The predicted octanol–water partition coefficient (Wildman–Crippen LogP) is 1.68. The van der Waals surface area contributed by atoms with Gasteiger partial charge < -0.3 is 10.6 Å². The highest BCUT2D eigenvalue weighted by atomic mass is 16.6. The van der Waals surface area contributed by atoms with Gasteiger partial charge in [-0.2, -0.15) is 0 Å². The molecule has 1 aliphatic heterocycles. The van der Waals surface area contributed by atoms with Gasteiger partial charge in [-0.3, -0.25) is 0 Å². The number of allylic oxidation sites excluding steroid dienone is 2. The first-order valence-corrected chi connectivity index (χ1v) is 4.34. The molecule has 70 valence electrons. The summed E-state index contributed by atoms with van der Waals surface area (Å²) in [5.41, 5.74) is 7.73. The molecular formula is C9H18N2O. The summed E-state index contributed by atoms with van der Waals surface area (Å²) < 4.78 is 0. The molecule has 0 saturated heterocycles. The lowest BCUT2D eigenvalue weighted by molar-refractivity contribution is 0.172. The van der Waals surface area contributed by atoms with Gasteiger partial charge in [-0.25, -0.2) is 5.48 Å². The molecule has 0 aromatic carbocycles. The van der Waals surface area contributed by atoms with Gasteiger partial charge in [0.15, 0.2) is 0 Å². The standard InChI is InChI=1S/C5H13N.C4H5NO/c1-2-3-4-5-6;1-2-4-6-5-3-1/h2-6H2,1H3;1-5H. The first-order chi connectivity index (χ1) is 5.91. The molecule has 0 saturated carbocycles. The zero-order chi connectivity index (χ0) is 9.07. The Bertz CT molecular complexity index is 116. The summed E-state index contributed by atoms with van der Waals surface area (Å²) in [6, 6.07) is 0. The molecule has 0 aliphatic carbocycles. The second-order valence-corrected chi connectivity index (χ2v) is 2.42. The Morgan fingerprint density at radius 1 is 1.33 bits per heavy atom. The molecule has 0 fully saturated rings. The lowest BCUT2D eigenvalue weighted by Gasteiger charge is -1.97. The van der Waals surface area contributed by atoms with Crippen molar-refractivity contribution in [2.45, 2.75) is 26.2 Å². The number of nitrogens with two attached hydrogens (primary N) is 1. The third-order valence-corrected chi connectivity index (χ3v) is 1.30. The van der Waals surface area contributed by atoms with Crippen molar-refractivity contribution in [1.29, 1.82) is 0 Å². The molecule has 0 atom stereocenters. The van der Waals surface area contributed by atoms with E-state index in [1.54, 1.807) is 18.5 Å². The van der Waals surface area contributed by atoms with Crippen molar-refractivity contribution in [2.24, 2.45) is 5.73 Å². The van der Waals surface area contributed by atoms with Crippen LogP contribution in [-0.4, -0.2) is 6.54 Å². The third kappa shape index (κ3) is 9.04. The van der Waals surface area contributed by atoms with E-state index < -0.39 is 0 Å². The van der Waals surface area contributed by atoms with Crippen LogP contribution in [0.1, 0.15) is 26.2 Å². The molecule has 12 heavy (non-hydrogen) atoms. The highest BCUT2D eigenvalue weighted by Gasteiger charge is 1.75. The van der Waals surface area contributed by atoms with Crippen LogP contribution < -0.4 is 11.2 Å². The number of unbranched alkanes of at least 4 members (excludes halogenated alkanes) is 2. The van der Waals surface area contributed by atoms with Crippen molar-refractivity contribution in [2.75, 3.05) is 6.54 Å². The van der Waals surface area contributed by atoms with Gasteiger partial charge in [0.2, 0.25) is 0 Å². The molecule has 1 aliphatic rings. The van der Waals surface area contributed by atoms with Crippen molar-refractivity contribution < 1.29 is 4.84 Å². The van der Waals surface area contributed by atoms with E-state index in [1.165, 1.54) is 19.3 Å². The average molecular weight is 170 g/mol. The molecule has 0 amide bonds. The van der Waals surface area contributed by atoms with E-state index in [0.717, 1.165) is 6.54 Å². The maximum Gasteiger partial charge on any atom is 0.119 e. The summed E-state index contributed by atoms with van der Waals surface area (Å²) in [6.45, 7) is 3.03. The van der Waals surface area contributed by atoms with Gasteiger partial charge in [0.1, 0.15) is 6.26 Å². The zero-order valence-corrected chi connectivity index (χ0v) is 7.62. The normalized spacial score (nSPS) is 12.5. The molecule has 3 heteroatoms. The van der Waals surface area contributed by atoms with Crippen molar-refractivity contribution in [3.05, 3.63) is 24.6 Å². The number of hydrogen-bond acceptors (Lipinski definition) is 3. The minimum atomic E-state index is 0.855. The first-order valence-electron chi connectivity index (χ1n) is 4.34. The number of nitrogens with one attached hydrogen (secondary N) is 1. The van der Waals surface area contributed by atoms with Crippen molar-refractivity contribution in [3.8, 4) is 0 Å². The quantitative estimate of drug-likeness (QED) is 0.633. The van der Waals surface area contributed by atoms with E-state index in [1.807, 2.05) is 6.08 Å². The van der Waals surface area contributed by atoms with Gasteiger partial charge in [-0.1, -0.05) is 19.8 Å². The molecule has 3 nitrogen and oxygen atoms in total. The summed E-state index contributed by atoms with van der Waals surface area (Å²) in [6.07, 6.45) is 10.7. The van der Waals surface area contributed by atoms with Crippen LogP contribution in [-0.2, 0) is 4.84 Å². The minimum Gasteiger partial charge on any atom is -0.391 e. The summed E-state index contributed by atoms with van der Waals surface area (Å²) in [4.78, 5) is 4.55. The Kier molecular flexibility index (Phi) is 9.24. The van der Waals surface area contributed by atoms with Gasteiger partial charge >= 0.3 is 0 Å². The van der Waals surface area contributed by atoms with Crippen molar-refractivity contribution in [3.63, 3.8) is 0 Å². The maximum absolute atomic E-state index is 5.21. The van der Waals surface area contributed by atoms with Crippen LogP contribution in [0.3, 0.4) is 0 Å². The summed E-state index contributed by atoms with van der Waals surface area (Å²) in [5.74, 6) is 0. The monoisotopic (exact) mass is 170 g/mol. The summed E-state index contributed by atoms with van der Waals surface area (Å²) in [7, 11) is 0. The smallest absolute Gasteiger partial charge is 0.119 e. The van der Waals surface area contributed by atoms with Gasteiger partial charge in [0.05, 0.1) is 0 Å². The summed E-state index contributed by atoms with van der Waals surface area (Å²) in [5, 5.41) is 0.